The third kappa shape index (κ3) is 9.94. The van der Waals surface area contributed by atoms with Crippen molar-refractivity contribution in [1.82, 2.24) is 15.5 Å². The van der Waals surface area contributed by atoms with Gasteiger partial charge in [0.15, 0.2) is 0 Å². The fourth-order valence-electron chi connectivity index (χ4n) is 2.66. The number of hydrogen-bond donors (Lipinski definition) is 2. The van der Waals surface area contributed by atoms with Crippen molar-refractivity contribution in [1.29, 1.82) is 0 Å². The number of rotatable bonds is 6. The number of halogens is 1. The van der Waals surface area contributed by atoms with Crippen LogP contribution in [-0.2, 0) is 28.9 Å². The van der Waals surface area contributed by atoms with Crippen LogP contribution in [0.4, 0.5) is 9.18 Å². The number of ether oxygens (including phenoxy) is 1. The molecule has 176 valence electrons. The Labute approximate surface area is 192 Å². The lowest BCUT2D eigenvalue weighted by molar-refractivity contribution is -0.115. The molecule has 3 N–H and O–H groups in total. The number of aromatic nitrogens is 2. The van der Waals surface area contributed by atoms with Crippen molar-refractivity contribution in [3.63, 3.8) is 0 Å². The van der Waals surface area contributed by atoms with Crippen molar-refractivity contribution in [3.05, 3.63) is 71.4 Å². The van der Waals surface area contributed by atoms with Crippen LogP contribution in [0.1, 0.15) is 44.7 Å². The normalized spacial score (nSPS) is 10.7. The van der Waals surface area contributed by atoms with Gasteiger partial charge >= 0.3 is 6.09 Å². The van der Waals surface area contributed by atoms with Gasteiger partial charge in [-0.05, 0) is 56.5 Å². The van der Waals surface area contributed by atoms with E-state index in [1.807, 2.05) is 45.0 Å². The number of nitrogens with two attached hydrogens (primary N) is 1. The second kappa shape index (κ2) is 11.8. The van der Waals surface area contributed by atoms with Gasteiger partial charge in [-0.2, -0.15) is 0 Å². The van der Waals surface area contributed by atoms with Gasteiger partial charge in [-0.25, -0.2) is 9.18 Å². The van der Waals surface area contributed by atoms with Crippen LogP contribution in [0.3, 0.4) is 0 Å². The standard InChI is InChI=1S/C22H24FN3O3.C2H5NO/c1-22(2,3)29-21(27)24-14-16-9-7-15(8-10-16)11-12-19-25-26-20(28-19)17-5-4-6-18(23)13-17;1-2(3)4/h4-10,13H,11-12,14H2,1-3H3,(H,24,27);1H3,(H2,3,4). The Morgan fingerprint density at radius 1 is 1.06 bits per heavy atom. The Hall–Kier alpha value is -3.75. The van der Waals surface area contributed by atoms with Gasteiger partial charge < -0.3 is 20.2 Å². The van der Waals surface area contributed by atoms with Crippen molar-refractivity contribution < 1.29 is 23.1 Å². The zero-order chi connectivity index (χ0) is 24.4. The van der Waals surface area contributed by atoms with Crippen molar-refractivity contribution in [2.75, 3.05) is 0 Å². The molecule has 0 unspecified atom stereocenters. The van der Waals surface area contributed by atoms with E-state index in [-0.39, 0.29) is 11.7 Å². The minimum atomic E-state index is -0.517. The Morgan fingerprint density at radius 3 is 2.30 bits per heavy atom. The van der Waals surface area contributed by atoms with Crippen molar-refractivity contribution >= 4 is 12.0 Å². The molecule has 33 heavy (non-hydrogen) atoms. The fourth-order valence-corrected chi connectivity index (χ4v) is 2.66. The number of primary amides is 1. The Bertz CT molecular complexity index is 1050. The Kier molecular flexibility index (Phi) is 9.08. The molecule has 0 aliphatic carbocycles. The number of nitrogens with zero attached hydrogens (tertiary/aromatic N) is 2. The highest BCUT2D eigenvalue weighted by Crippen LogP contribution is 2.19. The first kappa shape index (κ1) is 25.5. The molecule has 2 amide bonds. The van der Waals surface area contributed by atoms with Crippen LogP contribution >= 0.6 is 0 Å². The molecule has 0 aliphatic rings. The molecule has 0 aliphatic heterocycles. The number of benzene rings is 2. The second-order valence-corrected chi connectivity index (χ2v) is 8.29. The van der Waals surface area contributed by atoms with Gasteiger partial charge in [-0.1, -0.05) is 30.3 Å². The molecular formula is C24H29FN4O4. The summed E-state index contributed by atoms with van der Waals surface area (Å²) in [7, 11) is 0. The van der Waals surface area contributed by atoms with Crippen LogP contribution in [0.5, 0.6) is 0 Å². The Balaban J connectivity index is 0.000000890. The third-order valence-electron chi connectivity index (χ3n) is 4.02. The summed E-state index contributed by atoms with van der Waals surface area (Å²) in [6.07, 6.45) is 0.870. The molecule has 0 saturated heterocycles. The first-order valence-electron chi connectivity index (χ1n) is 10.4. The van der Waals surface area contributed by atoms with E-state index in [4.69, 9.17) is 9.15 Å². The molecule has 2 aromatic carbocycles. The molecule has 0 radical (unpaired) electrons. The Morgan fingerprint density at radius 2 is 1.70 bits per heavy atom. The molecule has 0 bridgehead atoms. The van der Waals surface area contributed by atoms with Gasteiger partial charge in [0.25, 0.3) is 0 Å². The number of nitrogens with one attached hydrogen (secondary N) is 1. The zero-order valence-corrected chi connectivity index (χ0v) is 19.2. The average molecular weight is 457 g/mol. The first-order valence-corrected chi connectivity index (χ1v) is 10.4. The molecule has 3 aromatic rings. The van der Waals surface area contributed by atoms with Gasteiger partial charge in [-0.15, -0.1) is 10.2 Å². The number of aryl methyl sites for hydroxylation is 2. The quantitative estimate of drug-likeness (QED) is 0.574. The summed E-state index contributed by atoms with van der Waals surface area (Å²) in [4.78, 5) is 20.9. The van der Waals surface area contributed by atoms with Gasteiger partial charge in [0, 0.05) is 25.5 Å². The minimum Gasteiger partial charge on any atom is -0.444 e. The maximum atomic E-state index is 13.3. The average Bonchev–Trinajstić information content (AvgIpc) is 3.19. The van der Waals surface area contributed by atoms with E-state index in [2.05, 4.69) is 21.2 Å². The number of carbonyl (C=O) groups excluding carboxylic acids is 2. The highest BCUT2D eigenvalue weighted by atomic mass is 19.1. The minimum absolute atomic E-state index is 0.308. The fraction of sp³-hybridized carbons (Fsp3) is 0.333. The van der Waals surface area contributed by atoms with E-state index < -0.39 is 11.7 Å². The predicted molar refractivity (Wildman–Crippen MR) is 121 cm³/mol. The van der Waals surface area contributed by atoms with Crippen LogP contribution < -0.4 is 11.1 Å². The van der Waals surface area contributed by atoms with Crippen molar-refractivity contribution in [2.45, 2.75) is 52.7 Å². The van der Waals surface area contributed by atoms with Crippen LogP contribution in [0.25, 0.3) is 11.5 Å². The monoisotopic (exact) mass is 456 g/mol. The van der Waals surface area contributed by atoms with E-state index in [1.54, 1.807) is 12.1 Å². The second-order valence-electron chi connectivity index (χ2n) is 8.29. The van der Waals surface area contributed by atoms with E-state index in [0.29, 0.717) is 30.3 Å². The van der Waals surface area contributed by atoms with Crippen molar-refractivity contribution in [2.24, 2.45) is 5.73 Å². The summed E-state index contributed by atoms with van der Waals surface area (Å²) >= 11 is 0. The number of amides is 2. The topological polar surface area (TPSA) is 120 Å². The summed E-state index contributed by atoms with van der Waals surface area (Å²) in [6, 6.07) is 14.0. The molecule has 0 spiro atoms. The predicted octanol–water partition coefficient (Wildman–Crippen LogP) is 4.18. The van der Waals surface area contributed by atoms with Crippen molar-refractivity contribution in [3.8, 4) is 11.5 Å². The van der Waals surface area contributed by atoms with Gasteiger partial charge in [0.1, 0.15) is 11.4 Å². The molecule has 0 atom stereocenters. The lowest BCUT2D eigenvalue weighted by Gasteiger charge is -2.19. The zero-order valence-electron chi connectivity index (χ0n) is 19.2. The van der Waals surface area contributed by atoms with Crippen LogP contribution in [-0.4, -0.2) is 27.8 Å². The summed E-state index contributed by atoms with van der Waals surface area (Å²) in [5, 5.41) is 10.8. The van der Waals surface area contributed by atoms with E-state index in [9.17, 15) is 14.0 Å². The highest BCUT2D eigenvalue weighted by Gasteiger charge is 2.15. The van der Waals surface area contributed by atoms with E-state index in [0.717, 1.165) is 17.5 Å². The molecule has 1 aromatic heterocycles. The van der Waals surface area contributed by atoms with Crippen LogP contribution in [0, 0.1) is 5.82 Å². The van der Waals surface area contributed by atoms with E-state index >= 15 is 0 Å². The summed E-state index contributed by atoms with van der Waals surface area (Å²) in [6.45, 7) is 7.18. The largest absolute Gasteiger partial charge is 0.444 e. The van der Waals surface area contributed by atoms with Crippen LogP contribution in [0.2, 0.25) is 0 Å². The SMILES string of the molecule is CC(C)(C)OC(=O)NCc1ccc(CCc2nnc(-c3cccc(F)c3)o2)cc1.CC(N)=O. The molecule has 1 heterocycles. The number of alkyl carbamates (subject to hydrolysis) is 1. The number of hydrogen-bond acceptors (Lipinski definition) is 6. The maximum absolute atomic E-state index is 13.3. The molecule has 8 nitrogen and oxygen atoms in total. The summed E-state index contributed by atoms with van der Waals surface area (Å²) in [5.74, 6) is 0.131. The first-order chi connectivity index (χ1) is 15.5. The highest BCUT2D eigenvalue weighted by molar-refractivity contribution is 5.70. The molecular weight excluding hydrogens is 427 g/mol. The maximum Gasteiger partial charge on any atom is 0.407 e. The lowest BCUT2D eigenvalue weighted by Crippen LogP contribution is -2.32. The number of carbonyl (C=O) groups is 2. The molecule has 3 rings (SSSR count). The third-order valence-corrected chi connectivity index (χ3v) is 4.02. The lowest BCUT2D eigenvalue weighted by atomic mass is 10.1. The smallest absolute Gasteiger partial charge is 0.407 e. The molecule has 9 heteroatoms. The molecule has 0 fully saturated rings. The molecule has 0 saturated carbocycles. The van der Waals surface area contributed by atoms with Crippen LogP contribution in [0.15, 0.2) is 52.9 Å². The summed E-state index contributed by atoms with van der Waals surface area (Å²) < 4.78 is 24.2. The van der Waals surface area contributed by atoms with Gasteiger partial charge in [0.2, 0.25) is 17.7 Å². The van der Waals surface area contributed by atoms with E-state index in [1.165, 1.54) is 19.1 Å². The summed E-state index contributed by atoms with van der Waals surface area (Å²) in [5.41, 5.74) is 6.60. The van der Waals surface area contributed by atoms with Gasteiger partial charge in [0.05, 0.1) is 0 Å². The van der Waals surface area contributed by atoms with Gasteiger partial charge in [-0.3, -0.25) is 4.79 Å².